The number of hydrogen-bond acceptors (Lipinski definition) is 6. The predicted octanol–water partition coefficient (Wildman–Crippen LogP) is 3.41. The Hall–Kier alpha value is -1.89. The maximum atomic E-state index is 12.3. The van der Waals surface area contributed by atoms with Crippen LogP contribution in [0.2, 0.25) is 0 Å². The van der Waals surface area contributed by atoms with Crippen LogP contribution >= 0.6 is 7.60 Å². The first-order valence-corrected chi connectivity index (χ1v) is 10.2. The Balaban J connectivity index is 2.46. The molecular weight excluding hydrogens is 361 g/mol. The average Bonchev–Trinajstić information content (AvgIpc) is 2.60. The number of nitrogens with one attached hydrogen (secondary N) is 1. The summed E-state index contributed by atoms with van der Waals surface area (Å²) in [5.41, 5.74) is 0.795. The third-order valence-corrected chi connectivity index (χ3v) is 5.55. The third-order valence-electron chi connectivity index (χ3n) is 3.38. The van der Waals surface area contributed by atoms with Crippen molar-refractivity contribution in [3.63, 3.8) is 0 Å². The van der Waals surface area contributed by atoms with Crippen LogP contribution in [0.3, 0.4) is 0 Å². The van der Waals surface area contributed by atoms with Crippen molar-refractivity contribution in [3.05, 3.63) is 35.9 Å². The van der Waals surface area contributed by atoms with Gasteiger partial charge in [0.2, 0.25) is 0 Å². The molecule has 9 heteroatoms. The fourth-order valence-electron chi connectivity index (χ4n) is 2.21. The molecule has 26 heavy (non-hydrogen) atoms. The lowest BCUT2D eigenvalue weighted by Gasteiger charge is -2.18. The van der Waals surface area contributed by atoms with Crippen LogP contribution in [0.15, 0.2) is 30.3 Å². The molecule has 1 amide bonds. The summed E-state index contributed by atoms with van der Waals surface area (Å²) < 4.78 is 27.7. The number of aliphatic carboxylic acids is 1. The van der Waals surface area contributed by atoms with Gasteiger partial charge in [0.25, 0.3) is 0 Å². The highest BCUT2D eigenvalue weighted by Crippen LogP contribution is 2.48. The fraction of sp³-hybridized carbons (Fsp3) is 0.529. The largest absolute Gasteiger partial charge is 0.480 e. The molecule has 1 atom stereocenters. The summed E-state index contributed by atoms with van der Waals surface area (Å²) in [6.07, 6.45) is -0.397. The molecule has 8 nitrogen and oxygen atoms in total. The molecule has 0 bridgehead atoms. The van der Waals surface area contributed by atoms with E-state index in [1.165, 1.54) is 0 Å². The normalized spacial score (nSPS) is 12.4. The minimum Gasteiger partial charge on any atom is -0.480 e. The molecule has 2 N–H and O–H groups in total. The van der Waals surface area contributed by atoms with Gasteiger partial charge in [-0.2, -0.15) is 0 Å². The number of rotatable bonds is 12. The number of carboxylic acid groups (broad SMARTS) is 1. The first-order valence-electron chi connectivity index (χ1n) is 8.48. The maximum absolute atomic E-state index is 12.3. The van der Waals surface area contributed by atoms with E-state index < -0.39 is 25.7 Å². The van der Waals surface area contributed by atoms with Crippen molar-refractivity contribution >= 4 is 19.7 Å². The zero-order chi connectivity index (χ0) is 19.4. The lowest BCUT2D eigenvalue weighted by Crippen LogP contribution is -2.41. The van der Waals surface area contributed by atoms with Crippen LogP contribution in [-0.2, 0) is 29.8 Å². The molecule has 146 valence electrons. The molecular formula is C17H26NO7P. The number of carbonyl (C=O) groups excluding carboxylic acids is 1. The average molecular weight is 387 g/mol. The molecule has 0 saturated carbocycles. The van der Waals surface area contributed by atoms with Crippen LogP contribution in [0.1, 0.15) is 32.3 Å². The summed E-state index contributed by atoms with van der Waals surface area (Å²) in [6.45, 7) is 3.93. The van der Waals surface area contributed by atoms with Crippen molar-refractivity contribution in [2.24, 2.45) is 0 Å². The van der Waals surface area contributed by atoms with Crippen molar-refractivity contribution in [2.75, 3.05) is 19.4 Å². The Bertz CT molecular complexity index is 598. The van der Waals surface area contributed by atoms with Crippen molar-refractivity contribution < 1.29 is 33.0 Å². The van der Waals surface area contributed by atoms with Gasteiger partial charge >= 0.3 is 19.7 Å². The minimum atomic E-state index is -3.23. The molecule has 0 aliphatic rings. The van der Waals surface area contributed by atoms with E-state index in [1.807, 2.05) is 18.2 Å². The number of carboxylic acids is 1. The van der Waals surface area contributed by atoms with Crippen LogP contribution in [0.4, 0.5) is 4.79 Å². The summed E-state index contributed by atoms with van der Waals surface area (Å²) in [5.74, 6) is -1.19. The summed E-state index contributed by atoms with van der Waals surface area (Å²) in [5, 5.41) is 11.5. The van der Waals surface area contributed by atoms with Gasteiger partial charge in [-0.3, -0.25) is 4.57 Å². The number of benzene rings is 1. The second-order valence-corrected chi connectivity index (χ2v) is 7.59. The number of ether oxygens (including phenoxy) is 1. The molecule has 1 aromatic rings. The molecule has 0 aliphatic heterocycles. The summed E-state index contributed by atoms with van der Waals surface area (Å²) in [7, 11) is -3.23. The molecule has 0 aromatic heterocycles. The number of amides is 1. The van der Waals surface area contributed by atoms with Gasteiger partial charge in [-0.1, -0.05) is 30.3 Å². The summed E-state index contributed by atoms with van der Waals surface area (Å²) in [6, 6.07) is 7.90. The van der Waals surface area contributed by atoms with Gasteiger partial charge in [0, 0.05) is 0 Å². The zero-order valence-corrected chi connectivity index (χ0v) is 15.9. The van der Waals surface area contributed by atoms with Gasteiger partial charge in [-0.15, -0.1) is 0 Å². The second-order valence-electron chi connectivity index (χ2n) is 5.41. The van der Waals surface area contributed by atoms with E-state index in [9.17, 15) is 19.3 Å². The molecule has 1 aromatic carbocycles. The molecule has 1 rings (SSSR count). The van der Waals surface area contributed by atoms with E-state index >= 15 is 0 Å². The number of alkyl carbamates (subject to hydrolysis) is 1. The van der Waals surface area contributed by atoms with E-state index in [-0.39, 0.29) is 38.8 Å². The molecule has 0 unspecified atom stereocenters. The smallest absolute Gasteiger partial charge is 0.408 e. The zero-order valence-electron chi connectivity index (χ0n) is 15.1. The SMILES string of the molecule is CCOP(=O)(CCC[C@@H](NC(=O)OCc1ccccc1)C(=O)O)OCC. The van der Waals surface area contributed by atoms with E-state index in [2.05, 4.69) is 5.32 Å². The summed E-state index contributed by atoms with van der Waals surface area (Å²) >= 11 is 0. The Morgan fingerprint density at radius 1 is 1.15 bits per heavy atom. The number of hydrogen-bond donors (Lipinski definition) is 2. The van der Waals surface area contributed by atoms with E-state index in [0.717, 1.165) is 5.56 Å². The van der Waals surface area contributed by atoms with Crippen LogP contribution in [0.5, 0.6) is 0 Å². The van der Waals surface area contributed by atoms with Crippen molar-refractivity contribution in [1.29, 1.82) is 0 Å². The summed E-state index contributed by atoms with van der Waals surface area (Å²) in [4.78, 5) is 23.1. The van der Waals surface area contributed by atoms with Gasteiger partial charge in [0.05, 0.1) is 19.4 Å². The van der Waals surface area contributed by atoms with E-state index in [4.69, 9.17) is 13.8 Å². The Labute approximate surface area is 153 Å². The standard InChI is InChI=1S/C17H26NO7P/c1-3-24-26(22,25-4-2)12-8-11-15(16(19)20)18-17(21)23-13-14-9-6-5-7-10-14/h5-7,9-10,15H,3-4,8,11-13H2,1-2H3,(H,18,21)(H,19,20)/t15-/m1/s1. The van der Waals surface area contributed by atoms with Crippen molar-refractivity contribution in [3.8, 4) is 0 Å². The lowest BCUT2D eigenvalue weighted by molar-refractivity contribution is -0.139. The molecule has 0 spiro atoms. The van der Waals surface area contributed by atoms with Crippen LogP contribution in [-0.4, -0.2) is 42.6 Å². The molecule has 0 heterocycles. The second kappa shape index (κ2) is 11.7. The van der Waals surface area contributed by atoms with Gasteiger partial charge < -0.3 is 24.2 Å². The first kappa shape index (κ1) is 22.2. The Morgan fingerprint density at radius 3 is 2.31 bits per heavy atom. The van der Waals surface area contributed by atoms with Gasteiger partial charge in [0.15, 0.2) is 0 Å². The van der Waals surface area contributed by atoms with Crippen LogP contribution in [0.25, 0.3) is 0 Å². The van der Waals surface area contributed by atoms with Gasteiger partial charge in [0.1, 0.15) is 12.6 Å². The highest BCUT2D eigenvalue weighted by atomic mass is 31.2. The topological polar surface area (TPSA) is 111 Å². The highest BCUT2D eigenvalue weighted by molar-refractivity contribution is 7.53. The van der Waals surface area contributed by atoms with Crippen molar-refractivity contribution in [2.45, 2.75) is 39.3 Å². The Morgan fingerprint density at radius 2 is 1.77 bits per heavy atom. The highest BCUT2D eigenvalue weighted by Gasteiger charge is 2.26. The molecule has 0 aliphatic carbocycles. The first-order chi connectivity index (χ1) is 12.4. The maximum Gasteiger partial charge on any atom is 0.408 e. The van der Waals surface area contributed by atoms with Crippen LogP contribution in [0, 0.1) is 0 Å². The molecule has 0 radical (unpaired) electrons. The number of carbonyl (C=O) groups is 2. The lowest BCUT2D eigenvalue weighted by atomic mass is 10.2. The quantitative estimate of drug-likeness (QED) is 0.529. The van der Waals surface area contributed by atoms with Gasteiger partial charge in [-0.25, -0.2) is 9.59 Å². The minimum absolute atomic E-state index is 0.0445. The van der Waals surface area contributed by atoms with E-state index in [0.29, 0.717) is 0 Å². The van der Waals surface area contributed by atoms with Crippen LogP contribution < -0.4 is 5.32 Å². The van der Waals surface area contributed by atoms with E-state index in [1.54, 1.807) is 26.0 Å². The predicted molar refractivity (Wildman–Crippen MR) is 96.1 cm³/mol. The molecule has 0 fully saturated rings. The van der Waals surface area contributed by atoms with Crippen molar-refractivity contribution in [1.82, 2.24) is 5.32 Å². The fourth-order valence-corrected chi connectivity index (χ4v) is 3.90. The third kappa shape index (κ3) is 8.47. The molecule has 0 saturated heterocycles. The monoisotopic (exact) mass is 387 g/mol. The Kier molecular flexibility index (Phi) is 9.95. The van der Waals surface area contributed by atoms with Gasteiger partial charge in [-0.05, 0) is 32.3 Å².